The Balaban J connectivity index is 0.00000169. The maximum absolute atomic E-state index is 11.7. The summed E-state index contributed by atoms with van der Waals surface area (Å²) in [7, 11) is 0. The van der Waals surface area contributed by atoms with Gasteiger partial charge in [0.25, 0.3) is 0 Å². The Morgan fingerprint density at radius 3 is 2.57 bits per heavy atom. The zero-order chi connectivity index (χ0) is 9.90. The molecule has 2 N–H and O–H groups in total. The molecule has 0 aromatic heterocycles. The number of hydrogen-bond donors (Lipinski definition) is 2. The highest BCUT2D eigenvalue weighted by atomic mass is 35.5. The fourth-order valence-corrected chi connectivity index (χ4v) is 1.22. The molecule has 0 spiro atoms. The van der Waals surface area contributed by atoms with E-state index in [4.69, 9.17) is 0 Å². The van der Waals surface area contributed by atoms with Crippen molar-refractivity contribution >= 4 is 18.3 Å². The lowest BCUT2D eigenvalue weighted by molar-refractivity contribution is -0.139. The summed E-state index contributed by atoms with van der Waals surface area (Å²) in [4.78, 5) is 11.0. The van der Waals surface area contributed by atoms with E-state index in [0.29, 0.717) is 13.0 Å². The van der Waals surface area contributed by atoms with Crippen molar-refractivity contribution in [2.45, 2.75) is 25.1 Å². The predicted molar refractivity (Wildman–Crippen MR) is 47.3 cm³/mol. The van der Waals surface area contributed by atoms with Gasteiger partial charge in [-0.1, -0.05) is 0 Å². The number of alkyl halides is 3. The first-order chi connectivity index (χ1) is 5.99. The standard InChI is InChI=1S/C7H11F3N2O.ClH/c8-7(9,10)4-12-6(13)5-2-1-3-11-5;/h5,11H,1-4H2,(H,12,13);1H. The monoisotopic (exact) mass is 232 g/mol. The molecule has 1 fully saturated rings. The minimum Gasteiger partial charge on any atom is -0.346 e. The van der Waals surface area contributed by atoms with Crippen LogP contribution in [0.3, 0.4) is 0 Å². The van der Waals surface area contributed by atoms with E-state index in [1.807, 2.05) is 5.32 Å². The number of hydrogen-bond acceptors (Lipinski definition) is 2. The van der Waals surface area contributed by atoms with Crippen molar-refractivity contribution in [1.29, 1.82) is 0 Å². The van der Waals surface area contributed by atoms with Crippen molar-refractivity contribution in [3.63, 3.8) is 0 Å². The molecule has 1 atom stereocenters. The molecule has 1 heterocycles. The lowest BCUT2D eigenvalue weighted by Crippen LogP contribution is -2.43. The third kappa shape index (κ3) is 4.66. The van der Waals surface area contributed by atoms with Crippen LogP contribution in [0.4, 0.5) is 13.2 Å². The highest BCUT2D eigenvalue weighted by molar-refractivity contribution is 5.85. The van der Waals surface area contributed by atoms with Gasteiger partial charge in [0.15, 0.2) is 0 Å². The van der Waals surface area contributed by atoms with Gasteiger partial charge < -0.3 is 10.6 Å². The Kier molecular flexibility index (Phi) is 5.22. The molecule has 0 saturated carbocycles. The van der Waals surface area contributed by atoms with Crippen LogP contribution in [0, 0.1) is 0 Å². The summed E-state index contributed by atoms with van der Waals surface area (Å²) in [5.41, 5.74) is 0. The van der Waals surface area contributed by atoms with Crippen molar-refractivity contribution in [3.05, 3.63) is 0 Å². The second-order valence-electron chi connectivity index (χ2n) is 2.98. The van der Waals surface area contributed by atoms with Gasteiger partial charge in [-0.25, -0.2) is 0 Å². The van der Waals surface area contributed by atoms with Gasteiger partial charge in [0.05, 0.1) is 6.04 Å². The summed E-state index contributed by atoms with van der Waals surface area (Å²) in [5.74, 6) is -0.560. The maximum Gasteiger partial charge on any atom is 0.405 e. The van der Waals surface area contributed by atoms with Crippen LogP contribution in [-0.2, 0) is 4.79 Å². The van der Waals surface area contributed by atoms with E-state index in [1.54, 1.807) is 0 Å². The zero-order valence-electron chi connectivity index (χ0n) is 7.36. The van der Waals surface area contributed by atoms with E-state index in [2.05, 4.69) is 5.32 Å². The SMILES string of the molecule is Cl.O=C(NCC(F)(F)F)C1CCCN1. The van der Waals surface area contributed by atoms with E-state index in [1.165, 1.54) is 0 Å². The van der Waals surface area contributed by atoms with E-state index in [-0.39, 0.29) is 12.4 Å². The summed E-state index contributed by atoms with van der Waals surface area (Å²) in [6, 6.07) is -0.442. The van der Waals surface area contributed by atoms with E-state index in [0.717, 1.165) is 6.42 Å². The second kappa shape index (κ2) is 5.41. The van der Waals surface area contributed by atoms with Crippen LogP contribution in [0.25, 0.3) is 0 Å². The first-order valence-corrected chi connectivity index (χ1v) is 4.07. The zero-order valence-corrected chi connectivity index (χ0v) is 8.17. The molecule has 1 aliphatic heterocycles. The van der Waals surface area contributed by atoms with Crippen molar-refractivity contribution < 1.29 is 18.0 Å². The normalized spacial score (nSPS) is 21.5. The van der Waals surface area contributed by atoms with Gasteiger partial charge in [-0.05, 0) is 19.4 Å². The van der Waals surface area contributed by atoms with Gasteiger partial charge in [0, 0.05) is 0 Å². The lowest BCUT2D eigenvalue weighted by atomic mass is 10.2. The molecule has 0 aliphatic carbocycles. The van der Waals surface area contributed by atoms with Crippen molar-refractivity contribution in [2.75, 3.05) is 13.1 Å². The second-order valence-corrected chi connectivity index (χ2v) is 2.98. The number of carbonyl (C=O) groups is 1. The molecule has 0 radical (unpaired) electrons. The molecule has 14 heavy (non-hydrogen) atoms. The molecule has 1 amide bonds. The molecule has 3 nitrogen and oxygen atoms in total. The highest BCUT2D eigenvalue weighted by Gasteiger charge is 2.30. The number of nitrogens with one attached hydrogen (secondary N) is 2. The number of carbonyl (C=O) groups excluding carboxylic acids is 1. The van der Waals surface area contributed by atoms with E-state index < -0.39 is 24.7 Å². The molecular weight excluding hydrogens is 221 g/mol. The minimum absolute atomic E-state index is 0. The van der Waals surface area contributed by atoms with Gasteiger partial charge >= 0.3 is 6.18 Å². The van der Waals surface area contributed by atoms with Crippen molar-refractivity contribution in [1.82, 2.24) is 10.6 Å². The van der Waals surface area contributed by atoms with Crippen LogP contribution in [0.15, 0.2) is 0 Å². The fraction of sp³-hybridized carbons (Fsp3) is 0.857. The summed E-state index contributed by atoms with van der Waals surface area (Å²) in [6.07, 6.45) is -2.87. The summed E-state index contributed by atoms with van der Waals surface area (Å²) in [5, 5.41) is 4.65. The van der Waals surface area contributed by atoms with E-state index in [9.17, 15) is 18.0 Å². The Labute approximate surface area is 85.8 Å². The Morgan fingerprint density at radius 1 is 1.50 bits per heavy atom. The van der Waals surface area contributed by atoms with Crippen molar-refractivity contribution in [3.8, 4) is 0 Å². The van der Waals surface area contributed by atoms with Crippen LogP contribution in [0.2, 0.25) is 0 Å². The predicted octanol–water partition coefficient (Wildman–Crippen LogP) is 0.839. The molecule has 0 aromatic carbocycles. The smallest absolute Gasteiger partial charge is 0.346 e. The van der Waals surface area contributed by atoms with Crippen LogP contribution in [0.5, 0.6) is 0 Å². The molecular formula is C7H12ClF3N2O. The summed E-state index contributed by atoms with van der Waals surface area (Å²) < 4.78 is 35.0. The maximum atomic E-state index is 11.7. The Morgan fingerprint density at radius 2 is 2.14 bits per heavy atom. The minimum atomic E-state index is -4.33. The number of halogens is 4. The molecule has 0 bridgehead atoms. The first-order valence-electron chi connectivity index (χ1n) is 4.07. The largest absolute Gasteiger partial charge is 0.405 e. The molecule has 1 rings (SSSR count). The fourth-order valence-electron chi connectivity index (χ4n) is 1.22. The van der Waals surface area contributed by atoms with Crippen LogP contribution in [-0.4, -0.2) is 31.2 Å². The Bertz CT molecular complexity index is 192. The highest BCUT2D eigenvalue weighted by Crippen LogP contribution is 2.12. The number of rotatable bonds is 2. The summed E-state index contributed by atoms with van der Waals surface area (Å²) in [6.45, 7) is -0.548. The molecule has 7 heteroatoms. The molecule has 1 saturated heterocycles. The molecule has 0 aromatic rings. The van der Waals surface area contributed by atoms with Crippen LogP contribution < -0.4 is 10.6 Å². The van der Waals surface area contributed by atoms with Crippen LogP contribution in [0.1, 0.15) is 12.8 Å². The third-order valence-electron chi connectivity index (χ3n) is 1.84. The first kappa shape index (κ1) is 13.5. The van der Waals surface area contributed by atoms with Crippen LogP contribution >= 0.6 is 12.4 Å². The van der Waals surface area contributed by atoms with Gasteiger partial charge in [0.2, 0.25) is 5.91 Å². The Hall–Kier alpha value is -0.490. The van der Waals surface area contributed by atoms with E-state index >= 15 is 0 Å². The van der Waals surface area contributed by atoms with Gasteiger partial charge in [-0.2, -0.15) is 13.2 Å². The average molecular weight is 233 g/mol. The van der Waals surface area contributed by atoms with Gasteiger partial charge in [-0.3, -0.25) is 4.79 Å². The lowest BCUT2D eigenvalue weighted by Gasteiger charge is -2.12. The van der Waals surface area contributed by atoms with Crippen molar-refractivity contribution in [2.24, 2.45) is 0 Å². The molecule has 1 aliphatic rings. The number of amides is 1. The topological polar surface area (TPSA) is 41.1 Å². The van der Waals surface area contributed by atoms with Gasteiger partial charge in [0.1, 0.15) is 6.54 Å². The average Bonchev–Trinajstić information content (AvgIpc) is 2.50. The molecule has 84 valence electrons. The quantitative estimate of drug-likeness (QED) is 0.741. The van der Waals surface area contributed by atoms with Gasteiger partial charge in [-0.15, -0.1) is 12.4 Å². The molecule has 1 unspecified atom stereocenters. The third-order valence-corrected chi connectivity index (χ3v) is 1.84. The summed E-state index contributed by atoms with van der Waals surface area (Å²) >= 11 is 0.